The molecule has 0 aliphatic heterocycles. The van der Waals surface area contributed by atoms with Crippen LogP contribution in [0.1, 0.15) is 0 Å². The molecule has 0 rings (SSSR count). The molecule has 1 radical (unpaired) electrons. The van der Waals surface area contributed by atoms with Crippen molar-refractivity contribution in [1.29, 1.82) is 10.5 Å². The molecule has 4 heteroatoms. The Bertz CT molecular complexity index is 76.7. The summed E-state index contributed by atoms with van der Waals surface area (Å²) >= 11 is 0.215. The van der Waals surface area contributed by atoms with Crippen LogP contribution in [0, 0.1) is 20.5 Å². The van der Waals surface area contributed by atoms with Gasteiger partial charge in [-0.05, 0) is 0 Å². The molecule has 2 nitrogen and oxygen atoms in total. The van der Waals surface area contributed by atoms with E-state index < -0.39 is 0 Å². The van der Waals surface area contributed by atoms with E-state index in [4.69, 9.17) is 10.5 Å². The van der Waals surface area contributed by atoms with Crippen LogP contribution in [0.3, 0.4) is 0 Å². The number of hydrogen-bond acceptors (Lipinski definition) is 2. The van der Waals surface area contributed by atoms with Crippen molar-refractivity contribution in [1.82, 2.24) is 0 Å². The summed E-state index contributed by atoms with van der Waals surface area (Å²) in [5.41, 5.74) is 0. The first-order chi connectivity index (χ1) is 2.41. The van der Waals surface area contributed by atoms with Gasteiger partial charge in [-0.3, -0.25) is 0 Å². The van der Waals surface area contributed by atoms with Crippen LogP contribution >= 0.6 is 0 Å². The summed E-state index contributed by atoms with van der Waals surface area (Å²) in [5, 5.41) is 18.4. The van der Waals surface area contributed by atoms with Crippen LogP contribution in [0.15, 0.2) is 0 Å². The van der Waals surface area contributed by atoms with Crippen molar-refractivity contribution in [2.24, 2.45) is 0 Å². The van der Waals surface area contributed by atoms with Crippen molar-refractivity contribution in [3.05, 3.63) is 0 Å². The van der Waals surface area contributed by atoms with E-state index >= 15 is 0 Å². The van der Waals surface area contributed by atoms with Gasteiger partial charge in [0.2, 0.25) is 0 Å². The Kier molecular flexibility index (Phi) is 16.0. The quantitative estimate of drug-likeness (QED) is 0.443. The fourth-order valence-corrected chi connectivity index (χ4v) is 0.0687. The maximum absolute atomic E-state index is 7.58. The van der Waals surface area contributed by atoms with Crippen LogP contribution in [0.4, 0.5) is 0 Å². The molecular formula is C2CoKN2. The number of nitriles is 2. The second kappa shape index (κ2) is 9.45. The Morgan fingerprint density at radius 2 is 1.50 bits per heavy atom. The topological polar surface area (TPSA) is 47.6 Å². The predicted octanol–water partition coefficient (Wildman–Crippen LogP) is -0.350. The van der Waals surface area contributed by atoms with Crippen LogP contribution in [0.2, 0.25) is 0 Å². The average molecular weight is 150 g/mol. The molecular weight excluding hydrogens is 150 g/mol. The first kappa shape index (κ1) is 10.2. The van der Waals surface area contributed by atoms with Crippen molar-refractivity contribution in [3.63, 3.8) is 0 Å². The zero-order valence-electron chi connectivity index (χ0n) is 3.23. The third-order valence-corrected chi connectivity index (χ3v) is 0.307. The summed E-state index contributed by atoms with van der Waals surface area (Å²) in [6.07, 6.45) is 0. The molecule has 0 bridgehead atoms. The predicted molar refractivity (Wildman–Crippen MR) is 17.0 cm³/mol. The molecule has 28 valence electrons. The van der Waals surface area contributed by atoms with Gasteiger partial charge in [-0.1, -0.05) is 0 Å². The minimum atomic E-state index is 0. The molecule has 0 N–H and O–H groups in total. The van der Waals surface area contributed by atoms with Crippen LogP contribution in [0.25, 0.3) is 0 Å². The second-order valence-corrected chi connectivity index (χ2v) is 0.958. The second-order valence-electron chi connectivity index (χ2n) is 0.232. The molecule has 0 saturated heterocycles. The summed E-state index contributed by atoms with van der Waals surface area (Å²) in [5.74, 6) is 0. The zero-order chi connectivity index (χ0) is 4.12. The van der Waals surface area contributed by atoms with E-state index in [2.05, 4.69) is 0 Å². The number of rotatable bonds is 0. The minimum absolute atomic E-state index is 0. The molecule has 0 aliphatic rings. The molecule has 0 aromatic carbocycles. The molecule has 6 heavy (non-hydrogen) atoms. The maximum atomic E-state index is 7.58. The standard InChI is InChI=1S/2CN.Co.K/c2*1-2;;. The fourth-order valence-electron chi connectivity index (χ4n) is 0.0167. The zero-order valence-corrected chi connectivity index (χ0v) is 7.39. The summed E-state index contributed by atoms with van der Waals surface area (Å²) in [6, 6.07) is 0. The van der Waals surface area contributed by atoms with Gasteiger partial charge < -0.3 is 0 Å². The third-order valence-electron chi connectivity index (χ3n) is 0.0745. The monoisotopic (exact) mass is 150 g/mol. The molecule has 0 heterocycles. The molecule has 0 spiro atoms. The molecule has 0 unspecified atom stereocenters. The summed E-state index contributed by atoms with van der Waals surface area (Å²) in [7, 11) is 0. The van der Waals surface area contributed by atoms with Gasteiger partial charge in [-0.25, -0.2) is 0 Å². The van der Waals surface area contributed by atoms with Crippen LogP contribution in [-0.4, -0.2) is 51.4 Å². The third kappa shape index (κ3) is 8.93. The van der Waals surface area contributed by atoms with Gasteiger partial charge >= 0.3 is 35.2 Å². The largest absolute Gasteiger partial charge is 0 e. The molecule has 0 atom stereocenters. The van der Waals surface area contributed by atoms with Gasteiger partial charge in [0.05, 0.1) is 0 Å². The van der Waals surface area contributed by atoms with Crippen molar-refractivity contribution < 1.29 is 14.7 Å². The molecule has 0 amide bonds. The molecule has 0 aromatic heterocycles. The van der Waals surface area contributed by atoms with Crippen molar-refractivity contribution in [3.8, 4) is 10.0 Å². The first-order valence-electron chi connectivity index (χ1n) is 0.781. The van der Waals surface area contributed by atoms with Gasteiger partial charge in [0.15, 0.2) is 0 Å². The van der Waals surface area contributed by atoms with E-state index in [1.54, 1.807) is 10.0 Å². The molecule has 0 fully saturated rings. The normalized spacial score (nSPS) is 4.33. The Labute approximate surface area is 84.9 Å². The fraction of sp³-hybridized carbons (Fsp3) is 0. The maximum Gasteiger partial charge on any atom is 0 e. The van der Waals surface area contributed by atoms with Crippen molar-refractivity contribution in [2.45, 2.75) is 0 Å². The van der Waals surface area contributed by atoms with Gasteiger partial charge in [-0.2, -0.15) is 0 Å². The first-order valence-corrected chi connectivity index (χ1v) is 1.82. The number of hydrogen-bond donors (Lipinski definition) is 0. The van der Waals surface area contributed by atoms with E-state index in [1.807, 2.05) is 0 Å². The molecule has 0 saturated carbocycles. The van der Waals surface area contributed by atoms with E-state index in [9.17, 15) is 0 Å². The van der Waals surface area contributed by atoms with E-state index in [0.29, 0.717) is 0 Å². The van der Waals surface area contributed by atoms with Gasteiger partial charge in [0.1, 0.15) is 0 Å². The smallest absolute Gasteiger partial charge is 0 e. The average Bonchev–Trinajstić information content (AvgIpc) is 1.41. The van der Waals surface area contributed by atoms with E-state index in [-0.39, 0.29) is 66.1 Å². The van der Waals surface area contributed by atoms with Crippen LogP contribution in [-0.2, 0) is 14.7 Å². The summed E-state index contributed by atoms with van der Waals surface area (Å²) < 4.78 is 0. The Morgan fingerprint density at radius 1 is 1.17 bits per heavy atom. The minimum Gasteiger partial charge on any atom is 0 e. The van der Waals surface area contributed by atoms with Gasteiger partial charge in [-0.15, -0.1) is 0 Å². The Morgan fingerprint density at radius 3 is 1.50 bits per heavy atom. The van der Waals surface area contributed by atoms with Crippen LogP contribution < -0.4 is 0 Å². The van der Waals surface area contributed by atoms with E-state index in [1.165, 1.54) is 0 Å². The molecule has 0 aromatic rings. The van der Waals surface area contributed by atoms with E-state index in [0.717, 1.165) is 0 Å². The SMILES string of the molecule is N#[C][Co][C]#N.[K]. The molecule has 0 aliphatic carbocycles. The van der Waals surface area contributed by atoms with Gasteiger partial charge in [0.25, 0.3) is 0 Å². The number of nitrogens with zero attached hydrogens (tertiary/aromatic N) is 2. The summed E-state index contributed by atoms with van der Waals surface area (Å²) in [4.78, 5) is 0. The van der Waals surface area contributed by atoms with Crippen molar-refractivity contribution >= 4 is 51.4 Å². The van der Waals surface area contributed by atoms with Gasteiger partial charge in [0, 0.05) is 51.4 Å². The van der Waals surface area contributed by atoms with Crippen LogP contribution in [0.5, 0.6) is 0 Å². The Balaban J connectivity index is 0. The van der Waals surface area contributed by atoms with Crippen molar-refractivity contribution in [2.75, 3.05) is 0 Å². The Hall–Kier alpha value is 1.12. The summed E-state index contributed by atoms with van der Waals surface area (Å²) in [6.45, 7) is 0.